The van der Waals surface area contributed by atoms with Gasteiger partial charge in [-0.25, -0.2) is 4.79 Å². The standard InChI is InChI=1S/C10H18F3N3O2/c11-10(12,13)7-15-9(18)16(4-5-17)6-8-2-1-3-14-8/h8,14,17H,1-7H2,(H,15,18). The summed E-state index contributed by atoms with van der Waals surface area (Å²) in [6.45, 7) is -0.439. The number of nitrogens with one attached hydrogen (secondary N) is 2. The Balaban J connectivity index is 2.41. The van der Waals surface area contributed by atoms with Crippen LogP contribution in [0.1, 0.15) is 12.8 Å². The molecule has 8 heteroatoms. The molecule has 0 aromatic carbocycles. The maximum Gasteiger partial charge on any atom is 0.405 e. The highest BCUT2D eigenvalue weighted by molar-refractivity contribution is 5.74. The van der Waals surface area contributed by atoms with E-state index in [1.165, 1.54) is 4.90 Å². The average molecular weight is 269 g/mol. The Labute approximate surface area is 103 Å². The van der Waals surface area contributed by atoms with Gasteiger partial charge in [0.05, 0.1) is 6.61 Å². The molecule has 0 radical (unpaired) electrons. The molecule has 1 fully saturated rings. The molecule has 1 heterocycles. The third kappa shape index (κ3) is 5.54. The van der Waals surface area contributed by atoms with Crippen molar-refractivity contribution in [1.29, 1.82) is 0 Å². The number of amides is 2. The van der Waals surface area contributed by atoms with Gasteiger partial charge in [0.25, 0.3) is 0 Å². The second-order valence-electron chi connectivity index (χ2n) is 4.24. The normalized spacial score (nSPS) is 19.9. The molecule has 2 amide bonds. The highest BCUT2D eigenvalue weighted by Crippen LogP contribution is 2.12. The molecule has 1 atom stereocenters. The van der Waals surface area contributed by atoms with Gasteiger partial charge in [0, 0.05) is 19.1 Å². The maximum absolute atomic E-state index is 12.0. The average Bonchev–Trinajstić information content (AvgIpc) is 2.77. The van der Waals surface area contributed by atoms with Crippen molar-refractivity contribution in [3.63, 3.8) is 0 Å². The van der Waals surface area contributed by atoms with Crippen LogP contribution in [0, 0.1) is 0 Å². The van der Waals surface area contributed by atoms with Gasteiger partial charge in [-0.15, -0.1) is 0 Å². The van der Waals surface area contributed by atoms with Gasteiger partial charge in [-0.05, 0) is 19.4 Å². The third-order valence-corrected chi connectivity index (χ3v) is 2.70. The van der Waals surface area contributed by atoms with E-state index in [4.69, 9.17) is 5.11 Å². The molecule has 0 bridgehead atoms. The van der Waals surface area contributed by atoms with Crippen molar-refractivity contribution in [3.8, 4) is 0 Å². The van der Waals surface area contributed by atoms with E-state index in [1.807, 2.05) is 0 Å². The number of alkyl halides is 3. The molecule has 0 spiro atoms. The molecule has 0 saturated carbocycles. The van der Waals surface area contributed by atoms with Crippen LogP contribution in [-0.2, 0) is 0 Å². The number of carbonyl (C=O) groups excluding carboxylic acids is 1. The summed E-state index contributed by atoms with van der Waals surface area (Å²) in [5.41, 5.74) is 0. The molecule has 106 valence electrons. The smallest absolute Gasteiger partial charge is 0.395 e. The first-order valence-corrected chi connectivity index (χ1v) is 5.86. The minimum Gasteiger partial charge on any atom is -0.395 e. The molecule has 1 saturated heterocycles. The maximum atomic E-state index is 12.0. The summed E-state index contributed by atoms with van der Waals surface area (Å²) in [5.74, 6) is 0. The van der Waals surface area contributed by atoms with E-state index in [2.05, 4.69) is 5.32 Å². The summed E-state index contributed by atoms with van der Waals surface area (Å²) >= 11 is 0. The number of urea groups is 1. The molecule has 5 nitrogen and oxygen atoms in total. The fraction of sp³-hybridized carbons (Fsp3) is 0.900. The van der Waals surface area contributed by atoms with Gasteiger partial charge in [-0.2, -0.15) is 13.2 Å². The summed E-state index contributed by atoms with van der Waals surface area (Å²) in [4.78, 5) is 12.7. The SMILES string of the molecule is O=C(NCC(F)(F)F)N(CCO)CC1CCCN1. The molecule has 18 heavy (non-hydrogen) atoms. The van der Waals surface area contributed by atoms with Crippen LogP contribution >= 0.6 is 0 Å². The van der Waals surface area contributed by atoms with Crippen molar-refractivity contribution in [2.24, 2.45) is 0 Å². The Morgan fingerprint density at radius 2 is 2.22 bits per heavy atom. The van der Waals surface area contributed by atoms with Crippen LogP contribution in [0.4, 0.5) is 18.0 Å². The van der Waals surface area contributed by atoms with Crippen LogP contribution in [0.3, 0.4) is 0 Å². The monoisotopic (exact) mass is 269 g/mol. The molecular formula is C10H18F3N3O2. The highest BCUT2D eigenvalue weighted by atomic mass is 19.4. The van der Waals surface area contributed by atoms with Crippen LogP contribution in [-0.4, -0.2) is 61.0 Å². The van der Waals surface area contributed by atoms with Crippen LogP contribution in [0.5, 0.6) is 0 Å². The first kappa shape index (κ1) is 15.0. The number of hydrogen-bond donors (Lipinski definition) is 3. The van der Waals surface area contributed by atoms with Crippen molar-refractivity contribution in [2.75, 3.05) is 32.8 Å². The second kappa shape index (κ2) is 6.79. The van der Waals surface area contributed by atoms with Gasteiger partial charge < -0.3 is 20.6 Å². The molecule has 1 unspecified atom stereocenters. The Kier molecular flexibility index (Phi) is 5.67. The molecule has 1 aliphatic heterocycles. The van der Waals surface area contributed by atoms with E-state index < -0.39 is 18.8 Å². The van der Waals surface area contributed by atoms with Gasteiger partial charge in [0.15, 0.2) is 0 Å². The quantitative estimate of drug-likeness (QED) is 0.673. The van der Waals surface area contributed by atoms with Crippen LogP contribution in [0.2, 0.25) is 0 Å². The van der Waals surface area contributed by atoms with E-state index >= 15 is 0 Å². The van der Waals surface area contributed by atoms with E-state index in [0.717, 1.165) is 19.4 Å². The number of aliphatic hydroxyl groups is 1. The number of carbonyl (C=O) groups is 1. The van der Waals surface area contributed by atoms with E-state index in [0.29, 0.717) is 6.54 Å². The van der Waals surface area contributed by atoms with Crippen LogP contribution in [0.25, 0.3) is 0 Å². The summed E-state index contributed by atoms with van der Waals surface area (Å²) < 4.78 is 35.9. The fourth-order valence-corrected chi connectivity index (χ4v) is 1.86. The Morgan fingerprint density at radius 3 is 2.72 bits per heavy atom. The summed E-state index contributed by atoms with van der Waals surface area (Å²) in [5, 5.41) is 13.8. The highest BCUT2D eigenvalue weighted by Gasteiger charge is 2.29. The number of nitrogens with zero attached hydrogens (tertiary/aromatic N) is 1. The summed E-state index contributed by atoms with van der Waals surface area (Å²) in [6.07, 6.45) is -2.55. The molecule has 0 aromatic rings. The zero-order chi connectivity index (χ0) is 13.6. The second-order valence-corrected chi connectivity index (χ2v) is 4.24. The number of aliphatic hydroxyl groups excluding tert-OH is 1. The lowest BCUT2D eigenvalue weighted by Gasteiger charge is -2.25. The van der Waals surface area contributed by atoms with Crippen LogP contribution < -0.4 is 10.6 Å². The molecule has 3 N–H and O–H groups in total. The van der Waals surface area contributed by atoms with Crippen molar-refractivity contribution in [3.05, 3.63) is 0 Å². The fourth-order valence-electron chi connectivity index (χ4n) is 1.86. The predicted octanol–water partition coefficient (Wildman–Crippen LogP) is 0.305. The molecule has 1 aliphatic rings. The van der Waals surface area contributed by atoms with Crippen LogP contribution in [0.15, 0.2) is 0 Å². The molecule has 0 aliphatic carbocycles. The van der Waals surface area contributed by atoms with Gasteiger partial charge >= 0.3 is 12.2 Å². The summed E-state index contributed by atoms with van der Waals surface area (Å²) in [7, 11) is 0. The van der Waals surface area contributed by atoms with Crippen molar-refractivity contribution in [1.82, 2.24) is 15.5 Å². The minimum atomic E-state index is -4.42. The molecule has 1 rings (SSSR count). The van der Waals surface area contributed by atoms with E-state index in [-0.39, 0.29) is 19.2 Å². The van der Waals surface area contributed by atoms with Gasteiger partial charge in [0.2, 0.25) is 0 Å². The Morgan fingerprint density at radius 1 is 1.50 bits per heavy atom. The first-order chi connectivity index (χ1) is 8.42. The predicted molar refractivity (Wildman–Crippen MR) is 59.1 cm³/mol. The zero-order valence-corrected chi connectivity index (χ0v) is 9.96. The van der Waals surface area contributed by atoms with Gasteiger partial charge in [0.1, 0.15) is 6.54 Å². The zero-order valence-electron chi connectivity index (χ0n) is 9.96. The minimum absolute atomic E-state index is 0.0296. The lowest BCUT2D eigenvalue weighted by Crippen LogP contribution is -2.48. The molecular weight excluding hydrogens is 251 g/mol. The van der Waals surface area contributed by atoms with Crippen molar-refractivity contribution >= 4 is 6.03 Å². The summed E-state index contributed by atoms with van der Waals surface area (Å²) in [6, 6.07) is -0.705. The lowest BCUT2D eigenvalue weighted by atomic mass is 10.2. The third-order valence-electron chi connectivity index (χ3n) is 2.70. The van der Waals surface area contributed by atoms with Gasteiger partial charge in [-0.3, -0.25) is 0 Å². The number of hydrogen-bond acceptors (Lipinski definition) is 3. The van der Waals surface area contributed by atoms with Crippen molar-refractivity contribution < 1.29 is 23.1 Å². The van der Waals surface area contributed by atoms with E-state index in [9.17, 15) is 18.0 Å². The number of halogens is 3. The Hall–Kier alpha value is -1.02. The lowest BCUT2D eigenvalue weighted by molar-refractivity contribution is -0.123. The number of rotatable bonds is 5. The van der Waals surface area contributed by atoms with Gasteiger partial charge in [-0.1, -0.05) is 0 Å². The van der Waals surface area contributed by atoms with E-state index in [1.54, 1.807) is 5.32 Å². The topological polar surface area (TPSA) is 64.6 Å². The molecule has 0 aromatic heterocycles. The first-order valence-electron chi connectivity index (χ1n) is 5.86. The largest absolute Gasteiger partial charge is 0.405 e. The Bertz CT molecular complexity index is 268. The van der Waals surface area contributed by atoms with Crippen molar-refractivity contribution in [2.45, 2.75) is 25.1 Å².